The molecule has 1 atom stereocenters. The third-order valence-electron chi connectivity index (χ3n) is 4.96. The van der Waals surface area contributed by atoms with Gasteiger partial charge in [-0.2, -0.15) is 5.10 Å². The average molecular weight is 330 g/mol. The number of aromatic nitrogens is 2. The molecule has 1 aliphatic carbocycles. The Labute approximate surface area is 148 Å². The van der Waals surface area contributed by atoms with Gasteiger partial charge in [0.25, 0.3) is 0 Å². The molecule has 0 saturated heterocycles. The van der Waals surface area contributed by atoms with E-state index in [1.165, 1.54) is 0 Å². The van der Waals surface area contributed by atoms with E-state index in [2.05, 4.69) is 30.5 Å². The van der Waals surface area contributed by atoms with E-state index in [0.717, 1.165) is 48.1 Å². The van der Waals surface area contributed by atoms with Crippen LogP contribution in [0.15, 0.2) is 66.9 Å². The summed E-state index contributed by atoms with van der Waals surface area (Å²) in [4.78, 5) is 12.5. The quantitative estimate of drug-likeness (QED) is 0.611. The molecule has 0 aliphatic heterocycles. The number of rotatable bonds is 3. The lowest BCUT2D eigenvalue weighted by Crippen LogP contribution is -2.18. The summed E-state index contributed by atoms with van der Waals surface area (Å²) in [5.74, 6) is 0.319. The molecule has 1 aromatic heterocycles. The van der Waals surface area contributed by atoms with Crippen LogP contribution in [0.5, 0.6) is 0 Å². The summed E-state index contributed by atoms with van der Waals surface area (Å²) >= 11 is 0. The molecular weight excluding hydrogens is 308 g/mol. The van der Waals surface area contributed by atoms with Gasteiger partial charge in [-0.1, -0.05) is 73.5 Å². The van der Waals surface area contributed by atoms with Gasteiger partial charge in [0.1, 0.15) is 11.7 Å². The van der Waals surface area contributed by atoms with E-state index < -0.39 is 0 Å². The van der Waals surface area contributed by atoms with Crippen molar-refractivity contribution in [3.63, 3.8) is 0 Å². The zero-order valence-corrected chi connectivity index (χ0v) is 14.3. The summed E-state index contributed by atoms with van der Waals surface area (Å²) in [6.07, 6.45) is 6.87. The Morgan fingerprint density at radius 3 is 2.24 bits per heavy atom. The number of carbonyl (C=O) groups is 1. The third-order valence-corrected chi connectivity index (χ3v) is 4.96. The Morgan fingerprint density at radius 2 is 1.52 bits per heavy atom. The number of benzene rings is 2. The Hall–Kier alpha value is -2.68. The predicted molar refractivity (Wildman–Crippen MR) is 100 cm³/mol. The van der Waals surface area contributed by atoms with Crippen LogP contribution in [0.25, 0.3) is 22.4 Å². The van der Waals surface area contributed by atoms with Crippen LogP contribution < -0.4 is 0 Å². The topological polar surface area (TPSA) is 34.9 Å². The standard InChI is InChI=1S/C22H22N2O/c25-21-15-9-3-8-14-20(21)24-16-19(17-10-4-1-5-11-17)22(23-24)18-12-6-2-7-13-18/h1-2,4-7,10-13,16,20H,3,8-9,14-15H2. The van der Waals surface area contributed by atoms with E-state index in [0.29, 0.717) is 12.2 Å². The molecule has 1 fully saturated rings. The van der Waals surface area contributed by atoms with Crippen LogP contribution in [0.4, 0.5) is 0 Å². The molecule has 25 heavy (non-hydrogen) atoms. The van der Waals surface area contributed by atoms with Crippen LogP contribution in [0.3, 0.4) is 0 Å². The number of carbonyl (C=O) groups excluding carboxylic acids is 1. The molecule has 3 aromatic rings. The Bertz CT molecular complexity index is 795. The Kier molecular flexibility index (Phi) is 4.47. The third kappa shape index (κ3) is 3.27. The molecule has 0 radical (unpaired) electrons. The van der Waals surface area contributed by atoms with Crippen LogP contribution in [-0.4, -0.2) is 15.6 Å². The van der Waals surface area contributed by atoms with Crippen molar-refractivity contribution in [3.05, 3.63) is 66.9 Å². The Balaban J connectivity index is 1.82. The van der Waals surface area contributed by atoms with Crippen LogP contribution >= 0.6 is 0 Å². The van der Waals surface area contributed by atoms with Gasteiger partial charge in [0.15, 0.2) is 5.78 Å². The van der Waals surface area contributed by atoms with Gasteiger partial charge < -0.3 is 0 Å². The van der Waals surface area contributed by atoms with E-state index in [1.54, 1.807) is 0 Å². The molecule has 2 aromatic carbocycles. The molecule has 1 aliphatic rings. The summed E-state index contributed by atoms with van der Waals surface area (Å²) in [6, 6.07) is 20.4. The van der Waals surface area contributed by atoms with E-state index in [-0.39, 0.29) is 6.04 Å². The fraction of sp³-hybridized carbons (Fsp3) is 0.273. The first-order valence-electron chi connectivity index (χ1n) is 9.05. The van der Waals surface area contributed by atoms with Crippen LogP contribution in [0, 0.1) is 0 Å². The molecular formula is C22H22N2O. The zero-order chi connectivity index (χ0) is 17.1. The second-order valence-corrected chi connectivity index (χ2v) is 6.68. The molecule has 0 N–H and O–H groups in total. The largest absolute Gasteiger partial charge is 0.297 e. The predicted octanol–water partition coefficient (Wildman–Crippen LogP) is 5.29. The first-order valence-corrected chi connectivity index (χ1v) is 9.05. The van der Waals surface area contributed by atoms with Crippen molar-refractivity contribution in [1.82, 2.24) is 9.78 Å². The van der Waals surface area contributed by atoms with E-state index in [1.807, 2.05) is 41.1 Å². The van der Waals surface area contributed by atoms with Crippen molar-refractivity contribution in [2.45, 2.75) is 38.1 Å². The van der Waals surface area contributed by atoms with Crippen molar-refractivity contribution in [2.75, 3.05) is 0 Å². The summed E-state index contributed by atoms with van der Waals surface area (Å²) < 4.78 is 1.92. The first kappa shape index (κ1) is 15.8. The highest BCUT2D eigenvalue weighted by Crippen LogP contribution is 2.33. The monoisotopic (exact) mass is 330 g/mol. The highest BCUT2D eigenvalue weighted by Gasteiger charge is 2.25. The van der Waals surface area contributed by atoms with E-state index in [9.17, 15) is 4.79 Å². The molecule has 3 nitrogen and oxygen atoms in total. The van der Waals surface area contributed by atoms with Crippen molar-refractivity contribution in [2.24, 2.45) is 0 Å². The highest BCUT2D eigenvalue weighted by molar-refractivity contribution is 5.84. The van der Waals surface area contributed by atoms with Crippen molar-refractivity contribution in [1.29, 1.82) is 0 Å². The van der Waals surface area contributed by atoms with Crippen molar-refractivity contribution >= 4 is 5.78 Å². The maximum absolute atomic E-state index is 12.5. The molecule has 0 amide bonds. The smallest absolute Gasteiger partial charge is 0.157 e. The lowest BCUT2D eigenvalue weighted by molar-refractivity contribution is -0.122. The van der Waals surface area contributed by atoms with E-state index in [4.69, 9.17) is 5.10 Å². The number of ketones is 1. The van der Waals surface area contributed by atoms with Crippen LogP contribution in [0.2, 0.25) is 0 Å². The van der Waals surface area contributed by atoms with Gasteiger partial charge in [0, 0.05) is 23.7 Å². The highest BCUT2D eigenvalue weighted by atomic mass is 16.1. The molecule has 1 heterocycles. The van der Waals surface area contributed by atoms with Crippen molar-refractivity contribution < 1.29 is 4.79 Å². The molecule has 3 heteroatoms. The molecule has 1 saturated carbocycles. The maximum atomic E-state index is 12.5. The molecule has 0 bridgehead atoms. The zero-order valence-electron chi connectivity index (χ0n) is 14.3. The summed E-state index contributed by atoms with van der Waals surface area (Å²) in [5.41, 5.74) is 4.25. The summed E-state index contributed by atoms with van der Waals surface area (Å²) in [6.45, 7) is 0. The van der Waals surface area contributed by atoms with Gasteiger partial charge >= 0.3 is 0 Å². The van der Waals surface area contributed by atoms with Crippen LogP contribution in [-0.2, 0) is 4.79 Å². The SMILES string of the molecule is O=C1CCCCCC1n1cc(-c2ccccc2)c(-c2ccccc2)n1. The Morgan fingerprint density at radius 1 is 0.840 bits per heavy atom. The van der Waals surface area contributed by atoms with Crippen molar-refractivity contribution in [3.8, 4) is 22.4 Å². The maximum Gasteiger partial charge on any atom is 0.157 e. The number of nitrogens with zero attached hydrogens (tertiary/aromatic N) is 2. The average Bonchev–Trinajstić information content (AvgIpc) is 2.99. The molecule has 1 unspecified atom stereocenters. The minimum atomic E-state index is -0.123. The number of hydrogen-bond acceptors (Lipinski definition) is 2. The molecule has 4 rings (SSSR count). The molecule has 0 spiro atoms. The van der Waals surface area contributed by atoms with Gasteiger partial charge in [0.2, 0.25) is 0 Å². The van der Waals surface area contributed by atoms with Gasteiger partial charge in [-0.05, 0) is 18.4 Å². The fourth-order valence-electron chi connectivity index (χ4n) is 3.61. The van der Waals surface area contributed by atoms with Crippen LogP contribution in [0.1, 0.15) is 38.1 Å². The second kappa shape index (κ2) is 7.06. The normalized spacial score (nSPS) is 18.1. The lowest BCUT2D eigenvalue weighted by atomic mass is 10.0. The number of Topliss-reactive ketones (excluding diaryl/α,β-unsaturated/α-hetero) is 1. The minimum Gasteiger partial charge on any atom is -0.297 e. The van der Waals surface area contributed by atoms with Gasteiger partial charge in [0.05, 0.1) is 0 Å². The van der Waals surface area contributed by atoms with E-state index >= 15 is 0 Å². The first-order chi connectivity index (χ1) is 12.3. The lowest BCUT2D eigenvalue weighted by Gasteiger charge is -2.13. The van der Waals surface area contributed by atoms with Gasteiger partial charge in [-0.3, -0.25) is 9.48 Å². The van der Waals surface area contributed by atoms with Gasteiger partial charge in [-0.25, -0.2) is 0 Å². The fourth-order valence-corrected chi connectivity index (χ4v) is 3.61. The minimum absolute atomic E-state index is 0.123. The molecule has 126 valence electrons. The van der Waals surface area contributed by atoms with Gasteiger partial charge in [-0.15, -0.1) is 0 Å². The second-order valence-electron chi connectivity index (χ2n) is 6.68. The summed E-state index contributed by atoms with van der Waals surface area (Å²) in [7, 11) is 0. The summed E-state index contributed by atoms with van der Waals surface area (Å²) in [5, 5.41) is 4.87. The number of hydrogen-bond donors (Lipinski definition) is 0.